The molecule has 4 aromatic rings. The average molecular weight is 454 g/mol. The van der Waals surface area contributed by atoms with Crippen LogP contribution in [0.1, 0.15) is 30.5 Å². The molecular weight excluding hydrogens is 421 g/mol. The molecule has 0 saturated carbocycles. The van der Waals surface area contributed by atoms with Crippen LogP contribution in [0.5, 0.6) is 0 Å². The van der Waals surface area contributed by atoms with E-state index in [2.05, 4.69) is 63.1 Å². The highest BCUT2D eigenvalue weighted by atomic mass is 19.1. The fourth-order valence-electron chi connectivity index (χ4n) is 5.11. The van der Waals surface area contributed by atoms with Gasteiger partial charge < -0.3 is 9.47 Å². The Bertz CT molecular complexity index is 1180. The lowest BCUT2D eigenvalue weighted by atomic mass is 9.95. The predicted molar refractivity (Wildman–Crippen MR) is 137 cm³/mol. The van der Waals surface area contributed by atoms with Crippen molar-refractivity contribution in [3.8, 4) is 22.3 Å². The van der Waals surface area contributed by atoms with Crippen molar-refractivity contribution in [1.29, 1.82) is 0 Å². The van der Waals surface area contributed by atoms with Crippen LogP contribution in [-0.2, 0) is 19.4 Å². The van der Waals surface area contributed by atoms with E-state index >= 15 is 0 Å². The van der Waals surface area contributed by atoms with E-state index in [0.29, 0.717) is 0 Å². The van der Waals surface area contributed by atoms with Crippen LogP contribution in [-0.4, -0.2) is 34.1 Å². The first-order valence-corrected chi connectivity index (χ1v) is 12.4. The SMILES string of the molecule is Fc1ccc(-c2cn(CCN3CCCC3)c(CCCc3ccccc3)c2-c2ccncc2)cc1. The minimum atomic E-state index is -0.203. The Labute approximate surface area is 201 Å². The van der Waals surface area contributed by atoms with Crippen LogP contribution in [0, 0.1) is 5.82 Å². The third kappa shape index (κ3) is 5.28. The van der Waals surface area contributed by atoms with Gasteiger partial charge in [-0.2, -0.15) is 0 Å². The van der Waals surface area contributed by atoms with E-state index in [0.717, 1.165) is 37.9 Å². The lowest BCUT2D eigenvalue weighted by molar-refractivity contribution is 0.321. The van der Waals surface area contributed by atoms with Crippen molar-refractivity contribution < 1.29 is 4.39 Å². The molecule has 0 bridgehead atoms. The van der Waals surface area contributed by atoms with E-state index in [-0.39, 0.29) is 5.82 Å². The van der Waals surface area contributed by atoms with Gasteiger partial charge in [0.25, 0.3) is 0 Å². The number of nitrogens with zero attached hydrogens (tertiary/aromatic N) is 3. The highest BCUT2D eigenvalue weighted by Gasteiger charge is 2.20. The van der Waals surface area contributed by atoms with Crippen molar-refractivity contribution in [3.05, 3.63) is 102 Å². The third-order valence-corrected chi connectivity index (χ3v) is 6.89. The molecule has 174 valence electrons. The number of rotatable bonds is 9. The molecule has 0 N–H and O–H groups in total. The Morgan fingerprint density at radius 3 is 2.24 bits per heavy atom. The first-order valence-electron chi connectivity index (χ1n) is 12.4. The summed E-state index contributed by atoms with van der Waals surface area (Å²) in [6, 6.07) is 21.8. The molecule has 2 aromatic carbocycles. The maximum atomic E-state index is 13.7. The molecule has 0 radical (unpaired) electrons. The second-order valence-electron chi connectivity index (χ2n) is 9.19. The average Bonchev–Trinajstić information content (AvgIpc) is 3.53. The van der Waals surface area contributed by atoms with Gasteiger partial charge >= 0.3 is 0 Å². The molecule has 1 aliphatic rings. The van der Waals surface area contributed by atoms with Crippen LogP contribution in [0.2, 0.25) is 0 Å². The summed E-state index contributed by atoms with van der Waals surface area (Å²) in [5, 5.41) is 0. The Hall–Kier alpha value is -3.24. The van der Waals surface area contributed by atoms with Gasteiger partial charge in [0.1, 0.15) is 5.82 Å². The molecule has 0 aliphatic carbocycles. The fourth-order valence-corrected chi connectivity index (χ4v) is 5.11. The molecule has 3 nitrogen and oxygen atoms in total. The van der Waals surface area contributed by atoms with Crippen LogP contribution < -0.4 is 0 Å². The van der Waals surface area contributed by atoms with Crippen molar-refractivity contribution in [2.45, 2.75) is 38.6 Å². The Morgan fingerprint density at radius 2 is 1.50 bits per heavy atom. The lowest BCUT2D eigenvalue weighted by Crippen LogP contribution is -2.24. The van der Waals surface area contributed by atoms with Gasteiger partial charge in [-0.15, -0.1) is 0 Å². The van der Waals surface area contributed by atoms with Gasteiger partial charge in [0.15, 0.2) is 0 Å². The molecule has 3 heterocycles. The van der Waals surface area contributed by atoms with Crippen LogP contribution in [0.15, 0.2) is 85.3 Å². The van der Waals surface area contributed by atoms with Gasteiger partial charge in [-0.25, -0.2) is 4.39 Å². The monoisotopic (exact) mass is 453 g/mol. The van der Waals surface area contributed by atoms with E-state index in [4.69, 9.17) is 0 Å². The van der Waals surface area contributed by atoms with Gasteiger partial charge in [-0.05, 0) is 86.1 Å². The number of benzene rings is 2. The first kappa shape index (κ1) is 22.5. The molecule has 4 heteroatoms. The number of hydrogen-bond acceptors (Lipinski definition) is 2. The summed E-state index contributed by atoms with van der Waals surface area (Å²) in [4.78, 5) is 6.82. The molecule has 0 amide bonds. The number of pyridine rings is 1. The first-order chi connectivity index (χ1) is 16.8. The van der Waals surface area contributed by atoms with Crippen molar-refractivity contribution in [3.63, 3.8) is 0 Å². The highest BCUT2D eigenvalue weighted by molar-refractivity contribution is 5.85. The maximum Gasteiger partial charge on any atom is 0.123 e. The van der Waals surface area contributed by atoms with Crippen molar-refractivity contribution in [2.75, 3.05) is 19.6 Å². The van der Waals surface area contributed by atoms with Crippen LogP contribution >= 0.6 is 0 Å². The van der Waals surface area contributed by atoms with Gasteiger partial charge in [-0.3, -0.25) is 4.98 Å². The Balaban J connectivity index is 1.52. The predicted octanol–water partition coefficient (Wildman–Crippen LogP) is 6.63. The van der Waals surface area contributed by atoms with Gasteiger partial charge in [0.2, 0.25) is 0 Å². The van der Waals surface area contributed by atoms with Crippen molar-refractivity contribution >= 4 is 0 Å². The number of aryl methyl sites for hydroxylation is 1. The lowest BCUT2D eigenvalue weighted by Gasteiger charge is -2.17. The zero-order valence-corrected chi connectivity index (χ0v) is 19.7. The van der Waals surface area contributed by atoms with Crippen molar-refractivity contribution in [2.24, 2.45) is 0 Å². The summed E-state index contributed by atoms with van der Waals surface area (Å²) in [7, 11) is 0. The van der Waals surface area contributed by atoms with Crippen LogP contribution in [0.25, 0.3) is 22.3 Å². The summed E-state index contributed by atoms with van der Waals surface area (Å²) < 4.78 is 16.2. The molecule has 1 aliphatic heterocycles. The summed E-state index contributed by atoms with van der Waals surface area (Å²) in [5.74, 6) is -0.203. The molecular formula is C30H32FN3. The minimum absolute atomic E-state index is 0.203. The number of likely N-dealkylation sites (tertiary alicyclic amines) is 1. The number of hydrogen-bond donors (Lipinski definition) is 0. The molecule has 1 saturated heterocycles. The summed E-state index contributed by atoms with van der Waals surface area (Å²) in [5.41, 5.74) is 7.38. The second kappa shape index (κ2) is 10.8. The van der Waals surface area contributed by atoms with Gasteiger partial charge in [0.05, 0.1) is 0 Å². The zero-order chi connectivity index (χ0) is 23.2. The summed E-state index contributed by atoms with van der Waals surface area (Å²) >= 11 is 0. The quantitative estimate of drug-likeness (QED) is 0.284. The third-order valence-electron chi connectivity index (χ3n) is 6.89. The summed E-state index contributed by atoms with van der Waals surface area (Å²) in [6.07, 6.45) is 11.7. The summed E-state index contributed by atoms with van der Waals surface area (Å²) in [6.45, 7) is 4.44. The van der Waals surface area contributed by atoms with E-state index < -0.39 is 0 Å². The molecule has 2 aromatic heterocycles. The molecule has 0 spiro atoms. The standard InChI is InChI=1S/C30H32FN3/c31-27-13-11-25(12-14-27)28-23-34(22-21-33-19-4-5-20-33)29(30(28)26-15-17-32-18-16-26)10-6-9-24-7-2-1-3-8-24/h1-3,7-8,11-18,23H,4-6,9-10,19-22H2. The van der Waals surface area contributed by atoms with E-state index in [1.54, 1.807) is 12.1 Å². The Morgan fingerprint density at radius 1 is 0.765 bits per heavy atom. The van der Waals surface area contributed by atoms with Gasteiger partial charge in [-0.1, -0.05) is 42.5 Å². The zero-order valence-electron chi connectivity index (χ0n) is 19.7. The fraction of sp³-hybridized carbons (Fsp3) is 0.300. The van der Waals surface area contributed by atoms with E-state index in [1.165, 1.54) is 53.9 Å². The van der Waals surface area contributed by atoms with Crippen LogP contribution in [0.4, 0.5) is 4.39 Å². The molecule has 0 atom stereocenters. The largest absolute Gasteiger partial charge is 0.349 e. The van der Waals surface area contributed by atoms with Gasteiger partial charge in [0, 0.05) is 48.5 Å². The minimum Gasteiger partial charge on any atom is -0.349 e. The maximum absolute atomic E-state index is 13.7. The van der Waals surface area contributed by atoms with E-state index in [1.807, 2.05) is 24.5 Å². The second-order valence-corrected chi connectivity index (χ2v) is 9.19. The molecule has 1 fully saturated rings. The molecule has 5 rings (SSSR count). The van der Waals surface area contributed by atoms with E-state index in [9.17, 15) is 4.39 Å². The Kier molecular flexibility index (Phi) is 7.16. The normalized spacial score (nSPS) is 14.0. The highest BCUT2D eigenvalue weighted by Crippen LogP contribution is 2.37. The van der Waals surface area contributed by atoms with Crippen LogP contribution in [0.3, 0.4) is 0 Å². The smallest absolute Gasteiger partial charge is 0.123 e. The molecule has 0 unspecified atom stereocenters. The topological polar surface area (TPSA) is 21.1 Å². The van der Waals surface area contributed by atoms with Crippen molar-refractivity contribution in [1.82, 2.24) is 14.5 Å². The number of aromatic nitrogens is 2. The number of halogens is 1. The molecule has 34 heavy (non-hydrogen) atoms.